The van der Waals surface area contributed by atoms with Crippen molar-refractivity contribution in [1.29, 1.82) is 0 Å². The summed E-state index contributed by atoms with van der Waals surface area (Å²) in [6, 6.07) is 4.86. The van der Waals surface area contributed by atoms with Crippen LogP contribution in [0, 0.1) is 17.0 Å². The van der Waals surface area contributed by atoms with Gasteiger partial charge in [-0.15, -0.1) is 0 Å². The zero-order valence-electron chi connectivity index (χ0n) is 10.3. The number of hydrogen-bond donors (Lipinski definition) is 2. The van der Waals surface area contributed by atoms with Crippen LogP contribution in [0.15, 0.2) is 18.2 Å². The topological polar surface area (TPSA) is 98.3 Å². The van der Waals surface area contributed by atoms with Crippen molar-refractivity contribution in [3.05, 3.63) is 39.4 Å². The SMILES string of the molecule is Cc1ccc([N+](=O)[O-])cc1CCCNCC(N)=O. The van der Waals surface area contributed by atoms with Crippen LogP contribution in [-0.2, 0) is 11.2 Å². The molecule has 0 aliphatic heterocycles. The molecule has 1 amide bonds. The number of nitro groups is 1. The van der Waals surface area contributed by atoms with E-state index in [0.29, 0.717) is 6.54 Å². The predicted octanol–water partition coefficient (Wildman–Crippen LogP) is 0.911. The molecule has 0 spiro atoms. The van der Waals surface area contributed by atoms with Gasteiger partial charge < -0.3 is 11.1 Å². The summed E-state index contributed by atoms with van der Waals surface area (Å²) in [5.74, 6) is -0.387. The van der Waals surface area contributed by atoms with E-state index < -0.39 is 4.92 Å². The first-order valence-corrected chi connectivity index (χ1v) is 5.73. The number of nitro benzene ring substituents is 1. The highest BCUT2D eigenvalue weighted by atomic mass is 16.6. The molecule has 0 saturated carbocycles. The van der Waals surface area contributed by atoms with Crippen LogP contribution < -0.4 is 11.1 Å². The average Bonchev–Trinajstić information content (AvgIpc) is 2.30. The lowest BCUT2D eigenvalue weighted by Gasteiger charge is -2.06. The smallest absolute Gasteiger partial charge is 0.269 e. The molecule has 0 saturated heterocycles. The van der Waals surface area contributed by atoms with Crippen molar-refractivity contribution in [2.24, 2.45) is 5.73 Å². The molecule has 1 aromatic rings. The third-order valence-corrected chi connectivity index (χ3v) is 2.64. The highest BCUT2D eigenvalue weighted by Gasteiger charge is 2.08. The van der Waals surface area contributed by atoms with E-state index in [-0.39, 0.29) is 18.1 Å². The lowest BCUT2D eigenvalue weighted by atomic mass is 10.0. The Labute approximate surface area is 105 Å². The number of nitrogens with two attached hydrogens (primary N) is 1. The maximum atomic E-state index is 10.7. The van der Waals surface area contributed by atoms with Gasteiger partial charge in [0, 0.05) is 12.1 Å². The van der Waals surface area contributed by atoms with Gasteiger partial charge in [0.2, 0.25) is 5.91 Å². The van der Waals surface area contributed by atoms with E-state index in [1.165, 1.54) is 6.07 Å². The van der Waals surface area contributed by atoms with Crippen LogP contribution in [0.5, 0.6) is 0 Å². The van der Waals surface area contributed by atoms with Gasteiger partial charge in [-0.3, -0.25) is 14.9 Å². The summed E-state index contributed by atoms with van der Waals surface area (Å²) in [6.07, 6.45) is 1.54. The molecule has 0 radical (unpaired) electrons. The van der Waals surface area contributed by atoms with Crippen LogP contribution in [0.2, 0.25) is 0 Å². The van der Waals surface area contributed by atoms with Crippen molar-refractivity contribution in [1.82, 2.24) is 5.32 Å². The first-order valence-electron chi connectivity index (χ1n) is 5.73. The van der Waals surface area contributed by atoms with Crippen LogP contribution in [0.25, 0.3) is 0 Å². The minimum Gasteiger partial charge on any atom is -0.369 e. The predicted molar refractivity (Wildman–Crippen MR) is 68.2 cm³/mol. The summed E-state index contributed by atoms with van der Waals surface area (Å²) >= 11 is 0. The Morgan fingerprint density at radius 3 is 2.83 bits per heavy atom. The Balaban J connectivity index is 2.48. The normalized spacial score (nSPS) is 10.3. The number of primary amides is 1. The van der Waals surface area contributed by atoms with Crippen molar-refractivity contribution in [3.8, 4) is 0 Å². The third kappa shape index (κ3) is 4.50. The van der Waals surface area contributed by atoms with E-state index in [0.717, 1.165) is 24.0 Å². The number of amides is 1. The number of carbonyl (C=O) groups is 1. The fourth-order valence-corrected chi connectivity index (χ4v) is 1.66. The first kappa shape index (κ1) is 14.1. The number of nitrogens with zero attached hydrogens (tertiary/aromatic N) is 1. The molecule has 0 unspecified atom stereocenters. The molecule has 0 fully saturated rings. The molecule has 98 valence electrons. The standard InChI is InChI=1S/C12H17N3O3/c1-9-4-5-11(15(17)18)7-10(9)3-2-6-14-8-12(13)16/h4-5,7,14H,2-3,6,8H2,1H3,(H2,13,16). The van der Waals surface area contributed by atoms with Gasteiger partial charge in [-0.2, -0.15) is 0 Å². The molecule has 0 heterocycles. The minimum absolute atomic E-state index is 0.112. The molecule has 0 aliphatic rings. The molecule has 6 heteroatoms. The summed E-state index contributed by atoms with van der Waals surface area (Å²) in [7, 11) is 0. The molecule has 3 N–H and O–H groups in total. The Hall–Kier alpha value is -1.95. The number of rotatable bonds is 7. The van der Waals surface area contributed by atoms with Crippen LogP contribution in [-0.4, -0.2) is 23.9 Å². The van der Waals surface area contributed by atoms with Crippen LogP contribution in [0.3, 0.4) is 0 Å². The zero-order chi connectivity index (χ0) is 13.5. The zero-order valence-corrected chi connectivity index (χ0v) is 10.3. The molecular formula is C12H17N3O3. The fraction of sp³-hybridized carbons (Fsp3) is 0.417. The Kier molecular flexibility index (Phi) is 5.26. The van der Waals surface area contributed by atoms with E-state index in [1.807, 2.05) is 6.92 Å². The van der Waals surface area contributed by atoms with Gasteiger partial charge in [0.15, 0.2) is 0 Å². The maximum absolute atomic E-state index is 10.7. The van der Waals surface area contributed by atoms with Gasteiger partial charge in [0.25, 0.3) is 5.69 Å². The highest BCUT2D eigenvalue weighted by molar-refractivity contribution is 5.75. The van der Waals surface area contributed by atoms with Gasteiger partial charge in [-0.25, -0.2) is 0 Å². The van der Waals surface area contributed by atoms with Crippen molar-refractivity contribution in [2.75, 3.05) is 13.1 Å². The number of aryl methyl sites for hydroxylation is 2. The van der Waals surface area contributed by atoms with Gasteiger partial charge in [0.05, 0.1) is 11.5 Å². The molecule has 0 atom stereocenters. The van der Waals surface area contributed by atoms with Gasteiger partial charge >= 0.3 is 0 Å². The van der Waals surface area contributed by atoms with E-state index in [2.05, 4.69) is 5.32 Å². The van der Waals surface area contributed by atoms with E-state index in [4.69, 9.17) is 5.73 Å². The van der Waals surface area contributed by atoms with Crippen molar-refractivity contribution in [2.45, 2.75) is 19.8 Å². The summed E-state index contributed by atoms with van der Waals surface area (Å²) in [6.45, 7) is 2.74. The first-order chi connectivity index (χ1) is 8.50. The fourth-order valence-electron chi connectivity index (χ4n) is 1.66. The van der Waals surface area contributed by atoms with Crippen LogP contribution >= 0.6 is 0 Å². The third-order valence-electron chi connectivity index (χ3n) is 2.64. The second-order valence-electron chi connectivity index (χ2n) is 4.11. The monoisotopic (exact) mass is 251 g/mol. The van der Waals surface area contributed by atoms with Gasteiger partial charge in [-0.05, 0) is 37.4 Å². The molecule has 1 rings (SSSR count). The molecule has 18 heavy (non-hydrogen) atoms. The molecule has 0 aromatic heterocycles. The summed E-state index contributed by atoms with van der Waals surface area (Å²) < 4.78 is 0. The van der Waals surface area contributed by atoms with E-state index in [1.54, 1.807) is 12.1 Å². The minimum atomic E-state index is -0.395. The van der Waals surface area contributed by atoms with E-state index in [9.17, 15) is 14.9 Å². The number of non-ortho nitro benzene ring substituents is 1. The maximum Gasteiger partial charge on any atom is 0.269 e. The lowest BCUT2D eigenvalue weighted by molar-refractivity contribution is -0.384. The molecule has 0 aliphatic carbocycles. The number of hydrogen-bond acceptors (Lipinski definition) is 4. The number of carbonyl (C=O) groups excluding carboxylic acids is 1. The van der Waals surface area contributed by atoms with E-state index >= 15 is 0 Å². The average molecular weight is 251 g/mol. The Bertz CT molecular complexity index is 446. The molecule has 0 bridgehead atoms. The number of nitrogens with one attached hydrogen (secondary N) is 1. The lowest BCUT2D eigenvalue weighted by Crippen LogP contribution is -2.29. The molecular weight excluding hydrogens is 234 g/mol. The highest BCUT2D eigenvalue weighted by Crippen LogP contribution is 2.18. The largest absolute Gasteiger partial charge is 0.369 e. The van der Waals surface area contributed by atoms with Crippen LogP contribution in [0.4, 0.5) is 5.69 Å². The summed E-state index contributed by atoms with van der Waals surface area (Å²) in [5, 5.41) is 13.6. The van der Waals surface area contributed by atoms with Gasteiger partial charge in [0.1, 0.15) is 0 Å². The summed E-state index contributed by atoms with van der Waals surface area (Å²) in [5.41, 5.74) is 7.10. The number of benzene rings is 1. The summed E-state index contributed by atoms with van der Waals surface area (Å²) in [4.78, 5) is 20.8. The Morgan fingerprint density at radius 2 is 2.22 bits per heavy atom. The van der Waals surface area contributed by atoms with Crippen molar-refractivity contribution >= 4 is 11.6 Å². The second kappa shape index (κ2) is 6.70. The molecule has 1 aromatic carbocycles. The quantitative estimate of drug-likeness (QED) is 0.427. The van der Waals surface area contributed by atoms with Crippen LogP contribution in [0.1, 0.15) is 17.5 Å². The van der Waals surface area contributed by atoms with Gasteiger partial charge in [-0.1, -0.05) is 6.07 Å². The van der Waals surface area contributed by atoms with Crippen molar-refractivity contribution < 1.29 is 9.72 Å². The second-order valence-corrected chi connectivity index (χ2v) is 4.11. The Morgan fingerprint density at radius 1 is 1.50 bits per heavy atom. The van der Waals surface area contributed by atoms with Crippen molar-refractivity contribution in [3.63, 3.8) is 0 Å². The molecule has 6 nitrogen and oxygen atoms in total.